The lowest BCUT2D eigenvalue weighted by molar-refractivity contribution is -0.137. The zero-order chi connectivity index (χ0) is 16.2. The molecule has 2 heterocycles. The van der Waals surface area contributed by atoms with Crippen molar-refractivity contribution in [2.75, 3.05) is 19.8 Å². The molecule has 2 aromatic rings. The summed E-state index contributed by atoms with van der Waals surface area (Å²) in [6.07, 6.45) is 1.71. The topological polar surface area (TPSA) is 56.6 Å². The maximum absolute atomic E-state index is 12.4. The molecular weight excluding hydrogens is 294 g/mol. The van der Waals surface area contributed by atoms with Gasteiger partial charge < -0.3 is 14.4 Å². The quantitative estimate of drug-likeness (QED) is 0.861. The number of amides is 1. The van der Waals surface area contributed by atoms with Crippen LogP contribution in [-0.2, 0) is 29.7 Å². The number of hydrogen-bond donors (Lipinski definition) is 0. The second-order valence-corrected chi connectivity index (χ2v) is 5.71. The molecule has 0 N–H and O–H groups in total. The molecule has 0 unspecified atom stereocenters. The molecule has 122 valence electrons. The molecule has 1 aliphatic heterocycles. The number of fused-ring (bicyclic) bond motifs is 1. The molecule has 23 heavy (non-hydrogen) atoms. The highest BCUT2D eigenvalue weighted by Gasteiger charge is 2.20. The minimum Gasteiger partial charge on any atom is -0.491 e. The maximum atomic E-state index is 12.4. The van der Waals surface area contributed by atoms with E-state index in [1.165, 1.54) is 0 Å². The van der Waals surface area contributed by atoms with Crippen molar-refractivity contribution in [1.29, 1.82) is 0 Å². The standard InChI is InChI=1S/C17H21N3O3/c1-13-3-4-16-14(9-13)10-20(7-8-23-16)17(21)12-22-11-15-5-6-18-19(15)2/h3-6,9H,7-8,10-12H2,1-2H3. The summed E-state index contributed by atoms with van der Waals surface area (Å²) in [7, 11) is 1.85. The van der Waals surface area contributed by atoms with Crippen molar-refractivity contribution >= 4 is 5.91 Å². The predicted octanol–water partition coefficient (Wildman–Crippen LogP) is 1.67. The molecule has 1 aromatic heterocycles. The number of benzene rings is 1. The molecule has 6 heteroatoms. The van der Waals surface area contributed by atoms with Gasteiger partial charge >= 0.3 is 0 Å². The van der Waals surface area contributed by atoms with Crippen molar-refractivity contribution in [2.24, 2.45) is 7.05 Å². The Labute approximate surface area is 135 Å². The van der Waals surface area contributed by atoms with Crippen LogP contribution in [-0.4, -0.2) is 40.3 Å². The Bertz CT molecular complexity index is 696. The van der Waals surface area contributed by atoms with E-state index in [9.17, 15) is 4.79 Å². The number of aromatic nitrogens is 2. The molecule has 6 nitrogen and oxygen atoms in total. The molecule has 0 atom stereocenters. The number of aryl methyl sites for hydroxylation is 2. The normalized spacial score (nSPS) is 14.1. The van der Waals surface area contributed by atoms with Crippen LogP contribution in [0.3, 0.4) is 0 Å². The van der Waals surface area contributed by atoms with Gasteiger partial charge in [0.2, 0.25) is 5.91 Å². The molecule has 1 amide bonds. The predicted molar refractivity (Wildman–Crippen MR) is 85.0 cm³/mol. The average Bonchev–Trinajstić information content (AvgIpc) is 2.82. The first-order valence-corrected chi connectivity index (χ1v) is 7.68. The van der Waals surface area contributed by atoms with Crippen LogP contribution in [0, 0.1) is 6.92 Å². The van der Waals surface area contributed by atoms with Gasteiger partial charge in [0.15, 0.2) is 0 Å². The van der Waals surface area contributed by atoms with Crippen molar-refractivity contribution < 1.29 is 14.3 Å². The smallest absolute Gasteiger partial charge is 0.249 e. The monoisotopic (exact) mass is 315 g/mol. The van der Waals surface area contributed by atoms with E-state index >= 15 is 0 Å². The zero-order valence-corrected chi connectivity index (χ0v) is 13.5. The van der Waals surface area contributed by atoms with Gasteiger partial charge in [0, 0.05) is 25.4 Å². The fourth-order valence-corrected chi connectivity index (χ4v) is 2.61. The number of carbonyl (C=O) groups is 1. The number of nitrogens with zero attached hydrogens (tertiary/aromatic N) is 3. The van der Waals surface area contributed by atoms with Crippen LogP contribution in [0.5, 0.6) is 5.75 Å². The van der Waals surface area contributed by atoms with Crippen LogP contribution >= 0.6 is 0 Å². The Morgan fingerprint density at radius 3 is 3.04 bits per heavy atom. The van der Waals surface area contributed by atoms with Crippen molar-refractivity contribution in [2.45, 2.75) is 20.1 Å². The van der Waals surface area contributed by atoms with Crippen molar-refractivity contribution in [3.8, 4) is 5.75 Å². The lowest BCUT2D eigenvalue weighted by Gasteiger charge is -2.20. The van der Waals surface area contributed by atoms with Crippen LogP contribution < -0.4 is 4.74 Å². The molecule has 0 bridgehead atoms. The number of ether oxygens (including phenoxy) is 2. The SMILES string of the molecule is Cc1ccc2c(c1)CN(C(=O)COCc1ccnn1C)CCO2. The van der Waals surface area contributed by atoms with Crippen LogP contribution in [0.15, 0.2) is 30.5 Å². The maximum Gasteiger partial charge on any atom is 0.249 e. The first-order chi connectivity index (χ1) is 11.1. The summed E-state index contributed by atoms with van der Waals surface area (Å²) in [6, 6.07) is 7.94. The third-order valence-electron chi connectivity index (χ3n) is 3.95. The third kappa shape index (κ3) is 3.71. The van der Waals surface area contributed by atoms with Gasteiger partial charge in [0.25, 0.3) is 0 Å². The van der Waals surface area contributed by atoms with Gasteiger partial charge in [-0.2, -0.15) is 5.10 Å². The summed E-state index contributed by atoms with van der Waals surface area (Å²) in [4.78, 5) is 14.2. The van der Waals surface area contributed by atoms with E-state index in [1.54, 1.807) is 15.8 Å². The molecule has 0 spiro atoms. The summed E-state index contributed by atoms with van der Waals surface area (Å²) >= 11 is 0. The summed E-state index contributed by atoms with van der Waals surface area (Å²) in [5, 5.41) is 4.07. The van der Waals surface area contributed by atoms with E-state index in [4.69, 9.17) is 9.47 Å². The van der Waals surface area contributed by atoms with Gasteiger partial charge in [0.1, 0.15) is 19.0 Å². The van der Waals surface area contributed by atoms with E-state index in [1.807, 2.05) is 32.2 Å². The minimum absolute atomic E-state index is 0.0230. The number of rotatable bonds is 4. The molecule has 1 aromatic carbocycles. The van der Waals surface area contributed by atoms with Crippen LogP contribution in [0.25, 0.3) is 0 Å². The molecule has 3 rings (SSSR count). The molecule has 0 aliphatic carbocycles. The van der Waals surface area contributed by atoms with Crippen LogP contribution in [0.1, 0.15) is 16.8 Å². The highest BCUT2D eigenvalue weighted by molar-refractivity contribution is 5.77. The Kier molecular flexibility index (Phi) is 4.62. The Morgan fingerprint density at radius 2 is 2.26 bits per heavy atom. The number of carbonyl (C=O) groups excluding carboxylic acids is 1. The Morgan fingerprint density at radius 1 is 1.39 bits per heavy atom. The highest BCUT2D eigenvalue weighted by Crippen LogP contribution is 2.24. The minimum atomic E-state index is -0.0230. The van der Waals surface area contributed by atoms with E-state index in [-0.39, 0.29) is 12.5 Å². The average molecular weight is 315 g/mol. The van der Waals surface area contributed by atoms with Crippen LogP contribution in [0.2, 0.25) is 0 Å². The summed E-state index contributed by atoms with van der Waals surface area (Å²) in [5.41, 5.74) is 3.15. The van der Waals surface area contributed by atoms with Crippen molar-refractivity contribution in [3.63, 3.8) is 0 Å². The van der Waals surface area contributed by atoms with E-state index in [2.05, 4.69) is 11.2 Å². The lowest BCUT2D eigenvalue weighted by Crippen LogP contribution is -2.35. The Balaban J connectivity index is 1.58. The first-order valence-electron chi connectivity index (χ1n) is 7.68. The van der Waals surface area contributed by atoms with E-state index in [0.717, 1.165) is 22.6 Å². The highest BCUT2D eigenvalue weighted by atomic mass is 16.5. The van der Waals surface area contributed by atoms with E-state index < -0.39 is 0 Å². The van der Waals surface area contributed by atoms with Gasteiger partial charge in [-0.3, -0.25) is 9.48 Å². The third-order valence-corrected chi connectivity index (χ3v) is 3.95. The van der Waals surface area contributed by atoms with Crippen molar-refractivity contribution in [1.82, 2.24) is 14.7 Å². The van der Waals surface area contributed by atoms with Gasteiger partial charge in [-0.25, -0.2) is 0 Å². The molecule has 0 fully saturated rings. The van der Waals surface area contributed by atoms with Gasteiger partial charge in [-0.05, 0) is 19.1 Å². The molecule has 0 radical (unpaired) electrons. The van der Waals surface area contributed by atoms with E-state index in [0.29, 0.717) is 26.3 Å². The van der Waals surface area contributed by atoms with Crippen LogP contribution in [0.4, 0.5) is 0 Å². The van der Waals surface area contributed by atoms with Crippen molar-refractivity contribution in [3.05, 3.63) is 47.3 Å². The summed E-state index contributed by atoms with van der Waals surface area (Å²) in [5.74, 6) is 0.840. The first kappa shape index (κ1) is 15.6. The summed E-state index contributed by atoms with van der Waals surface area (Å²) < 4.78 is 13.0. The van der Waals surface area contributed by atoms with Gasteiger partial charge in [-0.1, -0.05) is 17.7 Å². The number of hydrogen-bond acceptors (Lipinski definition) is 4. The lowest BCUT2D eigenvalue weighted by atomic mass is 10.1. The molecule has 0 saturated heterocycles. The zero-order valence-electron chi connectivity index (χ0n) is 13.5. The molecule has 0 saturated carbocycles. The largest absolute Gasteiger partial charge is 0.491 e. The summed E-state index contributed by atoms with van der Waals surface area (Å²) in [6.45, 7) is 4.11. The fraction of sp³-hybridized carbons (Fsp3) is 0.412. The van der Waals surface area contributed by atoms with Gasteiger partial charge in [0.05, 0.1) is 18.8 Å². The molecule has 1 aliphatic rings. The second kappa shape index (κ2) is 6.83. The second-order valence-electron chi connectivity index (χ2n) is 5.71. The molecular formula is C17H21N3O3. The Hall–Kier alpha value is -2.34. The van der Waals surface area contributed by atoms with Gasteiger partial charge in [-0.15, -0.1) is 0 Å². The fourth-order valence-electron chi connectivity index (χ4n) is 2.61.